The smallest absolute Gasteiger partial charge is 0.305 e. The summed E-state index contributed by atoms with van der Waals surface area (Å²) in [5.74, 6) is -0.164. The fourth-order valence-corrected chi connectivity index (χ4v) is 2.94. The molecule has 0 amide bonds. The van der Waals surface area contributed by atoms with Gasteiger partial charge in [0.2, 0.25) is 0 Å². The Morgan fingerprint density at radius 2 is 1.72 bits per heavy atom. The van der Waals surface area contributed by atoms with E-state index >= 15 is 0 Å². The SMILES string of the molecule is CCOC(=O)CCCn1cnc2cc3ncn(CCCC=O)c3cc21. The Kier molecular flexibility index (Phi) is 5.42. The van der Waals surface area contributed by atoms with Gasteiger partial charge in [-0.15, -0.1) is 0 Å². The predicted molar refractivity (Wildman–Crippen MR) is 94.2 cm³/mol. The Bertz CT molecular complexity index is 881. The second-order valence-corrected chi connectivity index (χ2v) is 5.92. The van der Waals surface area contributed by atoms with Crippen LogP contribution in [0.5, 0.6) is 0 Å². The minimum Gasteiger partial charge on any atom is -0.466 e. The van der Waals surface area contributed by atoms with Gasteiger partial charge in [-0.1, -0.05) is 0 Å². The van der Waals surface area contributed by atoms with Crippen molar-refractivity contribution in [3.63, 3.8) is 0 Å². The van der Waals surface area contributed by atoms with Crippen LogP contribution in [0.25, 0.3) is 22.1 Å². The molecule has 0 aliphatic rings. The Morgan fingerprint density at radius 3 is 2.32 bits per heavy atom. The van der Waals surface area contributed by atoms with Gasteiger partial charge in [-0.2, -0.15) is 0 Å². The highest BCUT2D eigenvalue weighted by Gasteiger charge is 2.10. The van der Waals surface area contributed by atoms with E-state index in [0.29, 0.717) is 32.4 Å². The highest BCUT2D eigenvalue weighted by molar-refractivity contribution is 5.91. The maximum atomic E-state index is 11.5. The van der Waals surface area contributed by atoms with E-state index in [1.54, 1.807) is 12.7 Å². The molecule has 0 spiro atoms. The first-order valence-electron chi connectivity index (χ1n) is 8.62. The summed E-state index contributed by atoms with van der Waals surface area (Å²) in [6.45, 7) is 3.70. The van der Waals surface area contributed by atoms with Crippen LogP contribution < -0.4 is 0 Å². The molecule has 3 rings (SSSR count). The van der Waals surface area contributed by atoms with E-state index < -0.39 is 0 Å². The van der Waals surface area contributed by atoms with Gasteiger partial charge in [-0.05, 0) is 31.9 Å². The molecule has 0 fully saturated rings. The van der Waals surface area contributed by atoms with Crippen LogP contribution in [0.1, 0.15) is 32.6 Å². The van der Waals surface area contributed by atoms with Crippen LogP contribution in [0.2, 0.25) is 0 Å². The van der Waals surface area contributed by atoms with Gasteiger partial charge >= 0.3 is 5.97 Å². The number of ether oxygens (including phenoxy) is 1. The van der Waals surface area contributed by atoms with Gasteiger partial charge in [0.15, 0.2) is 0 Å². The van der Waals surface area contributed by atoms with Crippen LogP contribution in [-0.4, -0.2) is 38.0 Å². The van der Waals surface area contributed by atoms with Gasteiger partial charge in [0.05, 0.1) is 41.3 Å². The molecule has 7 nitrogen and oxygen atoms in total. The quantitative estimate of drug-likeness (QED) is 0.339. The number of esters is 1. The number of carbonyl (C=O) groups excluding carboxylic acids is 2. The summed E-state index contributed by atoms with van der Waals surface area (Å²) < 4.78 is 9.07. The van der Waals surface area contributed by atoms with E-state index in [1.807, 2.05) is 13.0 Å². The van der Waals surface area contributed by atoms with Crippen molar-refractivity contribution in [2.45, 2.75) is 45.7 Å². The number of imidazole rings is 2. The van der Waals surface area contributed by atoms with Crippen LogP contribution in [-0.2, 0) is 27.4 Å². The summed E-state index contributed by atoms with van der Waals surface area (Å²) >= 11 is 0. The lowest BCUT2D eigenvalue weighted by Crippen LogP contribution is -2.06. The van der Waals surface area contributed by atoms with Gasteiger partial charge in [-0.25, -0.2) is 9.97 Å². The Balaban J connectivity index is 1.78. The molecule has 0 N–H and O–H groups in total. The molecule has 25 heavy (non-hydrogen) atoms. The minimum absolute atomic E-state index is 0.164. The van der Waals surface area contributed by atoms with E-state index in [1.165, 1.54) is 0 Å². The first-order chi connectivity index (χ1) is 12.2. The largest absolute Gasteiger partial charge is 0.466 e. The number of carbonyl (C=O) groups is 2. The van der Waals surface area contributed by atoms with Crippen molar-refractivity contribution in [1.82, 2.24) is 19.1 Å². The van der Waals surface area contributed by atoms with Gasteiger partial charge in [-0.3, -0.25) is 4.79 Å². The van der Waals surface area contributed by atoms with Crippen molar-refractivity contribution < 1.29 is 14.3 Å². The zero-order valence-electron chi connectivity index (χ0n) is 14.4. The van der Waals surface area contributed by atoms with E-state index in [9.17, 15) is 9.59 Å². The zero-order chi connectivity index (χ0) is 17.6. The lowest BCUT2D eigenvalue weighted by atomic mass is 10.2. The number of aryl methyl sites for hydroxylation is 2. The molecule has 3 aromatic rings. The molecular formula is C18H22N4O3. The number of aromatic nitrogens is 4. The lowest BCUT2D eigenvalue weighted by Gasteiger charge is -2.06. The first-order valence-corrected chi connectivity index (χ1v) is 8.62. The third-order valence-corrected chi connectivity index (χ3v) is 4.17. The number of hydrogen-bond acceptors (Lipinski definition) is 5. The van der Waals surface area contributed by atoms with Crippen LogP contribution in [0.4, 0.5) is 0 Å². The number of fused-ring (bicyclic) bond motifs is 2. The normalized spacial score (nSPS) is 11.2. The maximum Gasteiger partial charge on any atom is 0.305 e. The van der Waals surface area contributed by atoms with Crippen molar-refractivity contribution in [2.24, 2.45) is 0 Å². The Hall–Kier alpha value is -2.70. The van der Waals surface area contributed by atoms with Gasteiger partial charge in [0.1, 0.15) is 6.29 Å². The molecule has 0 aliphatic carbocycles. The van der Waals surface area contributed by atoms with Gasteiger partial charge in [0, 0.05) is 25.9 Å². The molecule has 0 bridgehead atoms. The predicted octanol–water partition coefficient (Wildman–Crippen LogP) is 2.71. The third kappa shape index (κ3) is 3.87. The lowest BCUT2D eigenvalue weighted by molar-refractivity contribution is -0.143. The number of rotatable bonds is 9. The van der Waals surface area contributed by atoms with Crippen LogP contribution in [0.3, 0.4) is 0 Å². The summed E-state index contributed by atoms with van der Waals surface area (Å²) in [5.41, 5.74) is 3.84. The summed E-state index contributed by atoms with van der Waals surface area (Å²) in [6.07, 6.45) is 7.00. The Labute approximate surface area is 145 Å². The molecule has 0 unspecified atom stereocenters. The maximum absolute atomic E-state index is 11.5. The molecular weight excluding hydrogens is 320 g/mol. The fourth-order valence-electron chi connectivity index (χ4n) is 2.94. The summed E-state index contributed by atoms with van der Waals surface area (Å²) in [5, 5.41) is 0. The number of nitrogens with zero attached hydrogens (tertiary/aromatic N) is 4. The molecule has 0 atom stereocenters. The average molecular weight is 342 g/mol. The van der Waals surface area contributed by atoms with Crippen LogP contribution in [0.15, 0.2) is 24.8 Å². The molecule has 2 aromatic heterocycles. The monoisotopic (exact) mass is 342 g/mol. The zero-order valence-corrected chi connectivity index (χ0v) is 14.4. The molecule has 132 valence electrons. The van der Waals surface area contributed by atoms with E-state index in [-0.39, 0.29) is 5.97 Å². The summed E-state index contributed by atoms with van der Waals surface area (Å²) in [4.78, 5) is 30.8. The molecule has 7 heteroatoms. The van der Waals surface area contributed by atoms with Crippen molar-refractivity contribution in [3.05, 3.63) is 24.8 Å². The number of benzene rings is 1. The van der Waals surface area contributed by atoms with Crippen LogP contribution >= 0.6 is 0 Å². The second-order valence-electron chi connectivity index (χ2n) is 5.92. The van der Waals surface area contributed by atoms with Crippen molar-refractivity contribution in [1.29, 1.82) is 0 Å². The highest BCUT2D eigenvalue weighted by atomic mass is 16.5. The highest BCUT2D eigenvalue weighted by Crippen LogP contribution is 2.22. The van der Waals surface area contributed by atoms with Crippen molar-refractivity contribution >= 4 is 34.3 Å². The summed E-state index contributed by atoms with van der Waals surface area (Å²) in [6, 6.07) is 4.05. The number of unbranched alkanes of at least 4 members (excludes halogenated alkanes) is 1. The third-order valence-electron chi connectivity index (χ3n) is 4.17. The van der Waals surface area contributed by atoms with Crippen LogP contribution in [0, 0.1) is 0 Å². The number of aldehydes is 1. The van der Waals surface area contributed by atoms with Crippen molar-refractivity contribution in [3.8, 4) is 0 Å². The molecule has 0 saturated carbocycles. The second kappa shape index (κ2) is 7.92. The van der Waals surface area contributed by atoms with Gasteiger partial charge < -0.3 is 18.7 Å². The van der Waals surface area contributed by atoms with E-state index in [0.717, 1.165) is 41.3 Å². The summed E-state index contributed by atoms with van der Waals surface area (Å²) in [7, 11) is 0. The molecule has 0 saturated heterocycles. The van der Waals surface area contributed by atoms with Gasteiger partial charge in [0.25, 0.3) is 0 Å². The topological polar surface area (TPSA) is 79.0 Å². The van der Waals surface area contributed by atoms with Crippen molar-refractivity contribution in [2.75, 3.05) is 6.61 Å². The van der Waals surface area contributed by atoms with E-state index in [4.69, 9.17) is 4.74 Å². The fraction of sp³-hybridized carbons (Fsp3) is 0.444. The molecule has 0 radical (unpaired) electrons. The Morgan fingerprint density at radius 1 is 1.08 bits per heavy atom. The molecule has 1 aromatic carbocycles. The average Bonchev–Trinajstić information content (AvgIpc) is 3.18. The molecule has 0 aliphatic heterocycles. The standard InChI is InChI=1S/C18H22N4O3/c1-2-25-18(24)6-5-8-22-13-20-15-10-14-16(11-17(15)22)21(12-19-14)7-3-4-9-23/h9-13H,2-8H2,1H3. The first kappa shape index (κ1) is 17.1. The minimum atomic E-state index is -0.164. The number of hydrogen-bond donors (Lipinski definition) is 0. The molecule has 2 heterocycles. The van der Waals surface area contributed by atoms with E-state index in [2.05, 4.69) is 25.2 Å².